The van der Waals surface area contributed by atoms with E-state index < -0.39 is 0 Å². The Balaban J connectivity index is 1.40. The average molecular weight is 487 g/mol. The summed E-state index contributed by atoms with van der Waals surface area (Å²) in [5.41, 5.74) is 8.09. The van der Waals surface area contributed by atoms with Crippen LogP contribution in [0, 0.1) is 0 Å². The van der Waals surface area contributed by atoms with Crippen molar-refractivity contribution < 1.29 is 0 Å². The molecule has 0 bridgehead atoms. The van der Waals surface area contributed by atoms with Crippen LogP contribution in [0.15, 0.2) is 134 Å². The Bertz CT molecular complexity index is 1960. The van der Waals surface area contributed by atoms with Gasteiger partial charge < -0.3 is 4.57 Å². The highest BCUT2D eigenvalue weighted by Crippen LogP contribution is 2.37. The quantitative estimate of drug-likeness (QED) is 0.252. The molecule has 0 aliphatic heterocycles. The fraction of sp³-hybridized carbons (Fsp3) is 0. The molecular weight excluding hydrogens is 464 g/mol. The number of benzene rings is 5. The van der Waals surface area contributed by atoms with Gasteiger partial charge in [-0.1, -0.05) is 78.9 Å². The van der Waals surface area contributed by atoms with Crippen LogP contribution in [0.4, 0.5) is 0 Å². The normalized spacial score (nSPS) is 11.7. The number of fused-ring (bicyclic) bond motifs is 6. The van der Waals surface area contributed by atoms with Gasteiger partial charge in [-0.3, -0.25) is 4.57 Å². The minimum absolute atomic E-state index is 0.676. The molecule has 0 spiro atoms. The Morgan fingerprint density at radius 3 is 1.53 bits per heavy atom. The topological polar surface area (TPSA) is 35.6 Å². The van der Waals surface area contributed by atoms with E-state index in [2.05, 4.69) is 134 Å². The van der Waals surface area contributed by atoms with Crippen molar-refractivity contribution in [1.82, 2.24) is 19.1 Å². The molecule has 38 heavy (non-hydrogen) atoms. The highest BCUT2D eigenvalue weighted by atomic mass is 15.1. The zero-order chi connectivity index (χ0) is 25.1. The average Bonchev–Trinajstić information content (AvgIpc) is 3.50. The molecular formula is C34H22N4. The maximum Gasteiger partial charge on any atom is 0.234 e. The Hall–Kier alpha value is -5.22. The van der Waals surface area contributed by atoms with Crippen LogP contribution in [-0.2, 0) is 0 Å². The zero-order valence-corrected chi connectivity index (χ0v) is 20.5. The van der Waals surface area contributed by atoms with Gasteiger partial charge in [-0.2, -0.15) is 0 Å². The Morgan fingerprint density at radius 2 is 0.895 bits per heavy atom. The zero-order valence-electron chi connectivity index (χ0n) is 20.5. The Kier molecular flexibility index (Phi) is 4.49. The second-order valence-electron chi connectivity index (χ2n) is 9.55. The summed E-state index contributed by atoms with van der Waals surface area (Å²) in [6.45, 7) is 0. The van der Waals surface area contributed by atoms with Gasteiger partial charge in [0.15, 0.2) is 0 Å². The van der Waals surface area contributed by atoms with Crippen molar-refractivity contribution in [3.05, 3.63) is 134 Å². The van der Waals surface area contributed by atoms with Crippen LogP contribution in [0.1, 0.15) is 0 Å². The molecule has 3 aromatic heterocycles. The van der Waals surface area contributed by atoms with Crippen LogP contribution < -0.4 is 0 Å². The lowest BCUT2D eigenvalue weighted by atomic mass is 10.0. The lowest BCUT2D eigenvalue weighted by Crippen LogP contribution is -1.99. The predicted molar refractivity (Wildman–Crippen MR) is 156 cm³/mol. The van der Waals surface area contributed by atoms with Crippen molar-refractivity contribution in [1.29, 1.82) is 0 Å². The van der Waals surface area contributed by atoms with Crippen LogP contribution in [0.3, 0.4) is 0 Å². The first-order valence-electron chi connectivity index (χ1n) is 12.8. The summed E-state index contributed by atoms with van der Waals surface area (Å²) in [4.78, 5) is 9.17. The summed E-state index contributed by atoms with van der Waals surface area (Å²) in [5.74, 6) is 0.676. The summed E-state index contributed by atoms with van der Waals surface area (Å²) in [6.07, 6.45) is 3.59. The first kappa shape index (κ1) is 20.9. The van der Waals surface area contributed by atoms with Crippen molar-refractivity contribution in [2.24, 2.45) is 0 Å². The standard InChI is InChI=1S/C34H22N4/c1-2-9-25(10-3-1)37-30-13-6-4-11-26(30)28-17-15-23(21-32(28)37)24-16-18-29-27-12-5-7-14-31(27)38(33(29)22-24)34-35-19-8-20-36-34/h1-22H. The number of rotatable bonds is 3. The molecule has 0 saturated heterocycles. The number of nitrogens with zero attached hydrogens (tertiary/aromatic N) is 4. The van der Waals surface area contributed by atoms with Crippen LogP contribution in [0.25, 0.3) is 66.4 Å². The van der Waals surface area contributed by atoms with E-state index >= 15 is 0 Å². The number of hydrogen-bond donors (Lipinski definition) is 0. The summed E-state index contributed by atoms with van der Waals surface area (Å²) in [5, 5.41) is 4.90. The molecule has 4 nitrogen and oxygen atoms in total. The molecule has 0 radical (unpaired) electrons. The monoisotopic (exact) mass is 486 g/mol. The minimum Gasteiger partial charge on any atom is -0.309 e. The van der Waals surface area contributed by atoms with E-state index in [1.54, 1.807) is 12.4 Å². The molecule has 0 aliphatic carbocycles. The third-order valence-corrected chi connectivity index (χ3v) is 7.45. The van der Waals surface area contributed by atoms with Gasteiger partial charge in [0.2, 0.25) is 5.95 Å². The Labute approximate surface area is 219 Å². The summed E-state index contributed by atoms with van der Waals surface area (Å²) in [6, 6.07) is 43.1. The van der Waals surface area contributed by atoms with Gasteiger partial charge in [0, 0.05) is 39.6 Å². The lowest BCUT2D eigenvalue weighted by molar-refractivity contribution is 0.988. The van der Waals surface area contributed by atoms with E-state index in [0.29, 0.717) is 5.95 Å². The van der Waals surface area contributed by atoms with E-state index in [1.165, 1.54) is 38.1 Å². The molecule has 178 valence electrons. The summed E-state index contributed by atoms with van der Waals surface area (Å²) >= 11 is 0. The van der Waals surface area contributed by atoms with Gasteiger partial charge in [-0.05, 0) is 53.6 Å². The molecule has 8 aromatic rings. The predicted octanol–water partition coefficient (Wildman–Crippen LogP) is 8.34. The van der Waals surface area contributed by atoms with Gasteiger partial charge in [-0.25, -0.2) is 9.97 Å². The molecule has 0 unspecified atom stereocenters. The van der Waals surface area contributed by atoms with Crippen LogP contribution >= 0.6 is 0 Å². The maximum atomic E-state index is 4.58. The molecule has 0 aliphatic rings. The van der Waals surface area contributed by atoms with Crippen molar-refractivity contribution in [2.75, 3.05) is 0 Å². The first-order chi connectivity index (χ1) is 18.9. The van der Waals surface area contributed by atoms with Crippen molar-refractivity contribution in [3.63, 3.8) is 0 Å². The molecule has 0 fully saturated rings. The lowest BCUT2D eigenvalue weighted by Gasteiger charge is -2.10. The van der Waals surface area contributed by atoms with Crippen molar-refractivity contribution in [3.8, 4) is 22.8 Å². The van der Waals surface area contributed by atoms with E-state index in [1.807, 2.05) is 6.07 Å². The first-order valence-corrected chi connectivity index (χ1v) is 12.8. The van der Waals surface area contributed by atoms with E-state index in [9.17, 15) is 0 Å². The number of hydrogen-bond acceptors (Lipinski definition) is 2. The van der Waals surface area contributed by atoms with Crippen molar-refractivity contribution in [2.45, 2.75) is 0 Å². The van der Waals surface area contributed by atoms with E-state index in [4.69, 9.17) is 0 Å². The molecule has 0 saturated carbocycles. The fourth-order valence-electron chi connectivity index (χ4n) is 5.78. The second-order valence-corrected chi connectivity index (χ2v) is 9.55. The molecule has 3 heterocycles. The van der Waals surface area contributed by atoms with Gasteiger partial charge in [0.1, 0.15) is 0 Å². The maximum absolute atomic E-state index is 4.58. The van der Waals surface area contributed by atoms with Crippen LogP contribution in [0.2, 0.25) is 0 Å². The third-order valence-electron chi connectivity index (χ3n) is 7.45. The smallest absolute Gasteiger partial charge is 0.234 e. The minimum atomic E-state index is 0.676. The third kappa shape index (κ3) is 3.04. The van der Waals surface area contributed by atoms with E-state index in [-0.39, 0.29) is 0 Å². The SMILES string of the molecule is c1ccc(-n2c3ccccc3c3ccc(-c4ccc5c6ccccc6n(-c6ncccn6)c5c4)cc32)cc1. The number of para-hydroxylation sites is 3. The van der Waals surface area contributed by atoms with Gasteiger partial charge in [0.05, 0.1) is 22.1 Å². The largest absolute Gasteiger partial charge is 0.309 e. The number of aromatic nitrogens is 4. The summed E-state index contributed by atoms with van der Waals surface area (Å²) in [7, 11) is 0. The van der Waals surface area contributed by atoms with E-state index in [0.717, 1.165) is 22.3 Å². The molecule has 0 atom stereocenters. The van der Waals surface area contributed by atoms with Crippen LogP contribution in [-0.4, -0.2) is 19.1 Å². The van der Waals surface area contributed by atoms with Gasteiger partial charge in [0.25, 0.3) is 0 Å². The highest BCUT2D eigenvalue weighted by Gasteiger charge is 2.16. The Morgan fingerprint density at radius 1 is 0.395 bits per heavy atom. The molecule has 4 heteroatoms. The molecule has 0 N–H and O–H groups in total. The van der Waals surface area contributed by atoms with Gasteiger partial charge in [-0.15, -0.1) is 0 Å². The summed E-state index contributed by atoms with van der Waals surface area (Å²) < 4.78 is 4.52. The van der Waals surface area contributed by atoms with Crippen LogP contribution in [0.5, 0.6) is 0 Å². The van der Waals surface area contributed by atoms with Crippen molar-refractivity contribution >= 4 is 43.6 Å². The molecule has 5 aromatic carbocycles. The highest BCUT2D eigenvalue weighted by molar-refractivity contribution is 6.12. The molecule has 0 amide bonds. The fourth-order valence-corrected chi connectivity index (χ4v) is 5.78. The second kappa shape index (κ2) is 8.15. The van der Waals surface area contributed by atoms with Gasteiger partial charge >= 0.3 is 0 Å². The molecule has 8 rings (SSSR count).